The number of rotatable bonds is 4. The van der Waals surface area contributed by atoms with E-state index in [-0.39, 0.29) is 12.2 Å². The highest BCUT2D eigenvalue weighted by Gasteiger charge is 2.29. The van der Waals surface area contributed by atoms with Crippen molar-refractivity contribution in [3.05, 3.63) is 23.3 Å². The van der Waals surface area contributed by atoms with Crippen LogP contribution in [0.5, 0.6) is 5.75 Å². The number of amides is 2. The molecule has 0 radical (unpaired) electrons. The molecule has 1 heterocycles. The number of anilines is 1. The third kappa shape index (κ3) is 7.92. The lowest BCUT2D eigenvalue weighted by atomic mass is 9.86. The van der Waals surface area contributed by atoms with Gasteiger partial charge in [0.05, 0.1) is 11.8 Å². The standard InChI is InChI=1S/C25H40N2O5/c1-16(2)30-21-15-19(17(3)14-20(21)26-22(28)31-24(4,5)6)18-10-12-27(13-11-18)23(29)32-25(7,8)9/h14-16,18H,10-13H2,1-9H3,(H,26,28). The fourth-order valence-corrected chi connectivity index (χ4v) is 3.71. The first-order chi connectivity index (χ1) is 14.6. The quantitative estimate of drug-likeness (QED) is 0.590. The predicted octanol–water partition coefficient (Wildman–Crippen LogP) is 6.24. The number of ether oxygens (including phenoxy) is 3. The van der Waals surface area contributed by atoms with Gasteiger partial charge in [-0.1, -0.05) is 0 Å². The van der Waals surface area contributed by atoms with E-state index in [0.717, 1.165) is 18.4 Å². The minimum Gasteiger partial charge on any atom is -0.489 e. The molecular weight excluding hydrogens is 408 g/mol. The average molecular weight is 449 g/mol. The molecule has 1 aliphatic heterocycles. The molecule has 2 rings (SSSR count). The van der Waals surface area contributed by atoms with Gasteiger partial charge in [0.2, 0.25) is 0 Å². The van der Waals surface area contributed by atoms with Crippen molar-refractivity contribution < 1.29 is 23.8 Å². The maximum atomic E-state index is 12.4. The third-order valence-corrected chi connectivity index (χ3v) is 4.95. The van der Waals surface area contributed by atoms with Gasteiger partial charge in [-0.2, -0.15) is 0 Å². The zero-order valence-corrected chi connectivity index (χ0v) is 21.1. The molecule has 1 N–H and O–H groups in total. The Morgan fingerprint density at radius 3 is 2.06 bits per heavy atom. The smallest absolute Gasteiger partial charge is 0.412 e. The van der Waals surface area contributed by atoms with Gasteiger partial charge in [-0.05, 0) is 104 Å². The van der Waals surface area contributed by atoms with Gasteiger partial charge in [0.15, 0.2) is 0 Å². The molecule has 0 spiro atoms. The lowest BCUT2D eigenvalue weighted by molar-refractivity contribution is 0.0204. The normalized spacial score (nSPS) is 15.5. The number of aryl methyl sites for hydroxylation is 1. The van der Waals surface area contributed by atoms with Crippen LogP contribution in [0.2, 0.25) is 0 Å². The number of nitrogens with one attached hydrogen (secondary N) is 1. The van der Waals surface area contributed by atoms with Crippen LogP contribution in [-0.4, -0.2) is 47.5 Å². The molecule has 1 fully saturated rings. The highest BCUT2D eigenvalue weighted by Crippen LogP contribution is 2.37. The number of carbonyl (C=O) groups is 2. The second kappa shape index (κ2) is 10.0. The molecule has 0 bridgehead atoms. The van der Waals surface area contributed by atoms with Gasteiger partial charge >= 0.3 is 12.2 Å². The Labute approximate surface area is 192 Å². The first-order valence-corrected chi connectivity index (χ1v) is 11.4. The first-order valence-electron chi connectivity index (χ1n) is 11.4. The molecule has 0 aliphatic carbocycles. The Morgan fingerprint density at radius 2 is 1.56 bits per heavy atom. The molecule has 7 nitrogen and oxygen atoms in total. The summed E-state index contributed by atoms with van der Waals surface area (Å²) in [6, 6.07) is 3.97. The molecule has 2 amide bonds. The average Bonchev–Trinajstić information content (AvgIpc) is 2.60. The number of nitrogens with zero attached hydrogens (tertiary/aromatic N) is 1. The van der Waals surface area contributed by atoms with Gasteiger partial charge in [0.1, 0.15) is 17.0 Å². The summed E-state index contributed by atoms with van der Waals surface area (Å²) in [5.41, 5.74) is 1.77. The summed E-state index contributed by atoms with van der Waals surface area (Å²) in [7, 11) is 0. The predicted molar refractivity (Wildman–Crippen MR) is 127 cm³/mol. The van der Waals surface area contributed by atoms with Crippen molar-refractivity contribution in [3.8, 4) is 5.75 Å². The SMILES string of the molecule is Cc1cc(NC(=O)OC(C)(C)C)c(OC(C)C)cc1C1CCN(C(=O)OC(C)(C)C)CC1. The summed E-state index contributed by atoms with van der Waals surface area (Å²) in [6.45, 7) is 18.4. The molecular formula is C25H40N2O5. The largest absolute Gasteiger partial charge is 0.489 e. The van der Waals surface area contributed by atoms with E-state index in [4.69, 9.17) is 14.2 Å². The van der Waals surface area contributed by atoms with E-state index in [9.17, 15) is 9.59 Å². The van der Waals surface area contributed by atoms with Crippen molar-refractivity contribution in [2.75, 3.05) is 18.4 Å². The molecule has 0 unspecified atom stereocenters. The number of carbonyl (C=O) groups excluding carboxylic acids is 2. The summed E-state index contributed by atoms with van der Waals surface area (Å²) in [4.78, 5) is 26.5. The van der Waals surface area contributed by atoms with Gasteiger partial charge < -0.3 is 19.1 Å². The van der Waals surface area contributed by atoms with Crippen molar-refractivity contribution in [2.24, 2.45) is 0 Å². The summed E-state index contributed by atoms with van der Waals surface area (Å²) < 4.78 is 16.9. The Hall–Kier alpha value is -2.44. The molecule has 7 heteroatoms. The Bertz CT molecular complexity index is 813. The van der Waals surface area contributed by atoms with Crippen LogP contribution >= 0.6 is 0 Å². The summed E-state index contributed by atoms with van der Waals surface area (Å²) in [5, 5.41) is 2.83. The maximum absolute atomic E-state index is 12.4. The molecule has 0 aromatic heterocycles. The Balaban J connectivity index is 2.17. The van der Waals surface area contributed by atoms with Crippen LogP contribution in [0.4, 0.5) is 15.3 Å². The fraction of sp³-hybridized carbons (Fsp3) is 0.680. The lowest BCUT2D eigenvalue weighted by Crippen LogP contribution is -2.41. The van der Waals surface area contributed by atoms with Crippen molar-refractivity contribution in [3.63, 3.8) is 0 Å². The Morgan fingerprint density at radius 1 is 1.00 bits per heavy atom. The van der Waals surface area contributed by atoms with Crippen molar-refractivity contribution >= 4 is 17.9 Å². The minimum absolute atomic E-state index is 0.0428. The van der Waals surface area contributed by atoms with E-state index in [0.29, 0.717) is 30.4 Å². The summed E-state index contributed by atoms with van der Waals surface area (Å²) in [6.07, 6.45) is 0.885. The number of benzene rings is 1. The van der Waals surface area contributed by atoms with Crippen molar-refractivity contribution in [1.29, 1.82) is 0 Å². The Kier molecular flexibility index (Phi) is 8.07. The van der Waals surface area contributed by atoms with Crippen molar-refractivity contribution in [2.45, 2.75) is 98.4 Å². The number of hydrogen-bond acceptors (Lipinski definition) is 5. The maximum Gasteiger partial charge on any atom is 0.412 e. The van der Waals surface area contributed by atoms with E-state index in [1.54, 1.807) is 4.90 Å². The van der Waals surface area contributed by atoms with E-state index >= 15 is 0 Å². The van der Waals surface area contributed by atoms with Crippen molar-refractivity contribution in [1.82, 2.24) is 4.90 Å². The van der Waals surface area contributed by atoms with E-state index < -0.39 is 17.3 Å². The second-order valence-corrected chi connectivity index (χ2v) is 10.7. The lowest BCUT2D eigenvalue weighted by Gasteiger charge is -2.34. The molecule has 1 saturated heterocycles. The highest BCUT2D eigenvalue weighted by atomic mass is 16.6. The van der Waals surface area contributed by atoms with Crippen LogP contribution in [0, 0.1) is 6.92 Å². The van der Waals surface area contributed by atoms with Gasteiger partial charge in [0.25, 0.3) is 0 Å². The minimum atomic E-state index is -0.583. The molecule has 1 aliphatic rings. The highest BCUT2D eigenvalue weighted by molar-refractivity contribution is 5.87. The van der Waals surface area contributed by atoms with Gasteiger partial charge in [0, 0.05) is 13.1 Å². The van der Waals surface area contributed by atoms with Crippen LogP contribution in [0.25, 0.3) is 0 Å². The van der Waals surface area contributed by atoms with Gasteiger partial charge in [-0.3, -0.25) is 5.32 Å². The monoisotopic (exact) mass is 448 g/mol. The molecule has 32 heavy (non-hydrogen) atoms. The fourth-order valence-electron chi connectivity index (χ4n) is 3.71. The number of piperidine rings is 1. The first kappa shape index (κ1) is 25.8. The summed E-state index contributed by atoms with van der Waals surface area (Å²) in [5.74, 6) is 0.930. The van der Waals surface area contributed by atoms with Crippen LogP contribution in [0.1, 0.15) is 85.3 Å². The van der Waals surface area contributed by atoms with Crippen LogP contribution in [0.15, 0.2) is 12.1 Å². The van der Waals surface area contributed by atoms with Crippen LogP contribution < -0.4 is 10.1 Å². The molecule has 0 saturated carbocycles. The molecule has 180 valence electrons. The zero-order valence-electron chi connectivity index (χ0n) is 21.1. The van der Waals surface area contributed by atoms with Crippen LogP contribution in [-0.2, 0) is 9.47 Å². The van der Waals surface area contributed by atoms with Gasteiger partial charge in [-0.15, -0.1) is 0 Å². The van der Waals surface area contributed by atoms with E-state index in [1.807, 2.05) is 74.4 Å². The van der Waals surface area contributed by atoms with E-state index in [2.05, 4.69) is 5.32 Å². The second-order valence-electron chi connectivity index (χ2n) is 10.7. The topological polar surface area (TPSA) is 77.1 Å². The number of hydrogen-bond donors (Lipinski definition) is 1. The third-order valence-electron chi connectivity index (χ3n) is 4.95. The zero-order chi connectivity index (χ0) is 24.3. The van der Waals surface area contributed by atoms with E-state index in [1.165, 1.54) is 5.56 Å². The summed E-state index contributed by atoms with van der Waals surface area (Å²) >= 11 is 0. The molecule has 1 aromatic rings. The molecule has 1 aromatic carbocycles. The van der Waals surface area contributed by atoms with Gasteiger partial charge in [-0.25, -0.2) is 9.59 Å². The molecule has 0 atom stereocenters. The number of likely N-dealkylation sites (tertiary alicyclic amines) is 1. The van der Waals surface area contributed by atoms with Crippen LogP contribution in [0.3, 0.4) is 0 Å².